The molecule has 0 amide bonds. The Balaban J connectivity index is 5.40. The molecular weight excluding hydrogens is 354 g/mol. The topological polar surface area (TPSA) is 64.6 Å². The number of hydrogen-bond acceptors (Lipinski definition) is 4. The molecule has 23 heavy (non-hydrogen) atoms. The highest BCUT2D eigenvalue weighted by Gasteiger charge is 2.47. The van der Waals surface area contributed by atoms with Crippen molar-refractivity contribution in [2.24, 2.45) is 0 Å². The first-order valence-electron chi connectivity index (χ1n) is 7.27. The molecule has 0 aromatic rings. The Bertz CT molecular complexity index is 435. The first kappa shape index (κ1) is 23.1. The van der Waals surface area contributed by atoms with Crippen molar-refractivity contribution in [1.82, 2.24) is 4.72 Å². The van der Waals surface area contributed by atoms with Gasteiger partial charge in [-0.1, -0.05) is 0 Å². The van der Waals surface area contributed by atoms with Crippen LogP contribution >= 0.6 is 7.60 Å². The zero-order chi connectivity index (χ0) is 18.6. The van der Waals surface area contributed by atoms with Gasteiger partial charge in [0, 0.05) is 0 Å². The van der Waals surface area contributed by atoms with Gasteiger partial charge in [0.15, 0.2) is 0 Å². The minimum Gasteiger partial charge on any atom is -0.306 e. The first-order chi connectivity index (χ1) is 10.1. The molecule has 0 aliphatic heterocycles. The van der Waals surface area contributed by atoms with E-state index in [0.29, 0.717) is 0 Å². The highest BCUT2D eigenvalue weighted by Crippen LogP contribution is 2.52. The molecule has 0 bridgehead atoms. The summed E-state index contributed by atoms with van der Waals surface area (Å²) in [5.74, 6) is 0. The fraction of sp³-hybridized carbons (Fsp3) is 1.00. The Morgan fingerprint density at radius 3 is 1.70 bits per heavy atom. The highest BCUT2D eigenvalue weighted by atomic mass is 32.2. The second-order valence-electron chi connectivity index (χ2n) is 6.69. The lowest BCUT2D eigenvalue weighted by atomic mass is 10.3. The van der Waals surface area contributed by atoms with Crippen LogP contribution in [-0.2, 0) is 24.6 Å². The number of alkyl halides is 3. The normalized spacial score (nSPS) is 16.9. The van der Waals surface area contributed by atoms with Crippen LogP contribution in [0.25, 0.3) is 0 Å². The van der Waals surface area contributed by atoms with Crippen LogP contribution in [0.4, 0.5) is 13.2 Å². The Morgan fingerprint density at radius 1 is 1.04 bits per heavy atom. The summed E-state index contributed by atoms with van der Waals surface area (Å²) in [6, 6.07) is -2.26. The molecule has 0 aromatic heterocycles. The predicted molar refractivity (Wildman–Crippen MR) is 85.8 cm³/mol. The van der Waals surface area contributed by atoms with Crippen molar-refractivity contribution in [1.29, 1.82) is 0 Å². The van der Waals surface area contributed by atoms with Crippen LogP contribution in [0.2, 0.25) is 0 Å². The van der Waals surface area contributed by atoms with Gasteiger partial charge in [-0.05, 0) is 48.5 Å². The van der Waals surface area contributed by atoms with Crippen LogP contribution < -0.4 is 4.72 Å². The fourth-order valence-electron chi connectivity index (χ4n) is 1.49. The molecule has 0 radical (unpaired) electrons. The van der Waals surface area contributed by atoms with Gasteiger partial charge < -0.3 is 9.05 Å². The van der Waals surface area contributed by atoms with Crippen molar-refractivity contribution < 1.29 is 31.0 Å². The van der Waals surface area contributed by atoms with E-state index < -0.39 is 53.9 Å². The van der Waals surface area contributed by atoms with Gasteiger partial charge in [-0.25, -0.2) is 8.93 Å². The van der Waals surface area contributed by atoms with Gasteiger partial charge in [-0.3, -0.25) is 4.57 Å². The molecule has 0 aromatic carbocycles. The van der Waals surface area contributed by atoms with Gasteiger partial charge >= 0.3 is 13.8 Å². The zero-order valence-corrected chi connectivity index (χ0v) is 16.3. The number of nitrogens with one attached hydrogen (secondary N) is 1. The summed E-state index contributed by atoms with van der Waals surface area (Å²) in [7, 11) is -5.99. The van der Waals surface area contributed by atoms with Gasteiger partial charge in [0.2, 0.25) is 0 Å². The van der Waals surface area contributed by atoms with E-state index >= 15 is 0 Å². The quantitative estimate of drug-likeness (QED) is 0.645. The van der Waals surface area contributed by atoms with Crippen LogP contribution in [0.1, 0.15) is 48.5 Å². The highest BCUT2D eigenvalue weighted by molar-refractivity contribution is 7.84. The van der Waals surface area contributed by atoms with Crippen LogP contribution in [0.15, 0.2) is 0 Å². The number of rotatable bonds is 8. The summed E-state index contributed by atoms with van der Waals surface area (Å²) in [5.41, 5.74) is 0. The lowest BCUT2D eigenvalue weighted by Crippen LogP contribution is -2.49. The Morgan fingerprint density at radius 2 is 1.43 bits per heavy atom. The predicted octanol–water partition coefficient (Wildman–Crippen LogP) is 4.01. The third-order valence-electron chi connectivity index (χ3n) is 2.35. The van der Waals surface area contributed by atoms with E-state index in [0.717, 1.165) is 0 Å². The minimum atomic E-state index is -4.74. The summed E-state index contributed by atoms with van der Waals surface area (Å²) in [6.07, 6.45) is -6.81. The summed E-state index contributed by atoms with van der Waals surface area (Å²) in [4.78, 5) is 0. The van der Waals surface area contributed by atoms with Gasteiger partial charge in [-0.2, -0.15) is 13.2 Å². The van der Waals surface area contributed by atoms with Crippen molar-refractivity contribution >= 4 is 18.6 Å². The van der Waals surface area contributed by atoms with Crippen LogP contribution in [0.3, 0.4) is 0 Å². The van der Waals surface area contributed by atoms with Gasteiger partial charge in [0.25, 0.3) is 0 Å². The molecule has 0 spiro atoms. The maximum Gasteiger partial charge on any atom is 0.405 e. The Kier molecular flexibility index (Phi) is 8.45. The number of hydrogen-bond donors (Lipinski definition) is 1. The first-order valence-corrected chi connectivity index (χ1v) is 10.1. The van der Waals surface area contributed by atoms with Gasteiger partial charge in [-0.15, -0.1) is 0 Å². The molecular formula is C13H27F3NO4PS. The van der Waals surface area contributed by atoms with E-state index in [1.54, 1.807) is 48.5 Å². The number of halogens is 3. The molecule has 0 heterocycles. The monoisotopic (exact) mass is 381 g/mol. The van der Waals surface area contributed by atoms with Crippen molar-refractivity contribution in [3.05, 3.63) is 0 Å². The Hall–Kier alpha value is 0.0500. The molecule has 0 saturated carbocycles. The smallest absolute Gasteiger partial charge is 0.306 e. The van der Waals surface area contributed by atoms with Crippen LogP contribution in [0, 0.1) is 0 Å². The second-order valence-corrected chi connectivity index (χ2v) is 10.7. The van der Waals surface area contributed by atoms with Crippen molar-refractivity contribution in [3.63, 3.8) is 0 Å². The lowest BCUT2D eigenvalue weighted by Gasteiger charge is -2.30. The molecule has 1 N–H and O–H groups in total. The minimum absolute atomic E-state index is 0.568. The van der Waals surface area contributed by atoms with E-state index in [4.69, 9.17) is 9.05 Å². The van der Waals surface area contributed by atoms with E-state index in [-0.39, 0.29) is 0 Å². The molecule has 0 aliphatic carbocycles. The lowest BCUT2D eigenvalue weighted by molar-refractivity contribution is -0.147. The molecule has 0 fully saturated rings. The molecule has 5 nitrogen and oxygen atoms in total. The average Bonchev–Trinajstić information content (AvgIpc) is 2.22. The van der Waals surface area contributed by atoms with Crippen molar-refractivity contribution in [2.45, 2.75) is 77.6 Å². The van der Waals surface area contributed by atoms with E-state index in [2.05, 4.69) is 0 Å². The van der Waals surface area contributed by atoms with Gasteiger partial charge in [0.1, 0.15) is 6.04 Å². The largest absolute Gasteiger partial charge is 0.405 e. The van der Waals surface area contributed by atoms with E-state index in [1.165, 1.54) is 0 Å². The van der Waals surface area contributed by atoms with Gasteiger partial charge in [0.05, 0.1) is 34.1 Å². The second kappa shape index (κ2) is 8.43. The molecule has 0 unspecified atom stereocenters. The SMILES string of the molecule is CC(C)OP(=O)(C[C@H](N[S@@](=O)C(C)(C)C)C(F)(F)F)OC(C)C. The van der Waals surface area contributed by atoms with E-state index in [9.17, 15) is 21.9 Å². The third kappa shape index (κ3) is 9.19. The summed E-state index contributed by atoms with van der Waals surface area (Å²) in [6.45, 7) is 10.8. The Labute approximate surface area is 138 Å². The molecule has 140 valence electrons. The van der Waals surface area contributed by atoms with Crippen molar-refractivity contribution in [2.75, 3.05) is 6.16 Å². The molecule has 0 rings (SSSR count). The fourth-order valence-corrected chi connectivity index (χ4v) is 4.70. The molecule has 10 heteroatoms. The van der Waals surface area contributed by atoms with Crippen molar-refractivity contribution in [3.8, 4) is 0 Å². The average molecular weight is 381 g/mol. The summed E-state index contributed by atoms with van der Waals surface area (Å²) < 4.78 is 75.7. The third-order valence-corrected chi connectivity index (χ3v) is 6.26. The molecule has 0 aliphatic rings. The van der Waals surface area contributed by atoms with Crippen LogP contribution in [0.5, 0.6) is 0 Å². The summed E-state index contributed by atoms with van der Waals surface area (Å²) in [5, 5.41) is 0. The zero-order valence-electron chi connectivity index (χ0n) is 14.6. The molecule has 2 atom stereocenters. The standard InChI is InChI=1S/C13H27F3NO4PS/c1-9(2)20-22(18,21-10(3)4)8-11(13(14,15)16)17-23(19)12(5,6)7/h9-11,17H,8H2,1-7H3/t11-,23-/m0/s1. The maximum atomic E-state index is 13.2. The molecule has 0 saturated heterocycles. The maximum absolute atomic E-state index is 13.2. The van der Waals surface area contributed by atoms with Crippen LogP contribution in [-0.4, -0.2) is 39.5 Å². The van der Waals surface area contributed by atoms with E-state index in [1.807, 2.05) is 4.72 Å². The summed E-state index contributed by atoms with van der Waals surface area (Å²) >= 11 is 0.